The summed E-state index contributed by atoms with van der Waals surface area (Å²) in [4.78, 5) is 9.63. The van der Waals surface area contributed by atoms with Crippen molar-refractivity contribution in [3.8, 4) is 33.6 Å². The maximum Gasteiger partial charge on any atom is 0.0892 e. The summed E-state index contributed by atoms with van der Waals surface area (Å²) in [5, 5.41) is 2.90. The molecule has 0 spiro atoms. The van der Waals surface area contributed by atoms with Crippen molar-refractivity contribution in [2.24, 2.45) is 0 Å². The van der Waals surface area contributed by atoms with Crippen LogP contribution in [0.4, 0.5) is 0 Å². The highest BCUT2D eigenvalue weighted by Crippen LogP contribution is 2.38. The van der Waals surface area contributed by atoms with Crippen LogP contribution in [-0.2, 0) is 38.8 Å². The molecule has 246 valence electrons. The zero-order valence-electron chi connectivity index (χ0n) is 29.0. The lowest BCUT2D eigenvalue weighted by Gasteiger charge is -2.11. The van der Waals surface area contributed by atoms with Gasteiger partial charge in [-0.1, -0.05) is 64.5 Å². The van der Waals surface area contributed by atoms with Crippen LogP contribution in [0.25, 0.3) is 55.4 Å². The number of benzene rings is 2. The first-order valence-electron chi connectivity index (χ1n) is 18.9. The molecule has 2 aliphatic rings. The number of unbranched alkanes of at least 4 members (excludes halogenated alkanes) is 6. The minimum Gasteiger partial charge on any atom is -0.344 e. The van der Waals surface area contributed by atoms with Crippen molar-refractivity contribution < 1.29 is 0 Å². The van der Waals surface area contributed by atoms with Crippen LogP contribution in [0.2, 0.25) is 0 Å². The molecule has 0 saturated carbocycles. The van der Waals surface area contributed by atoms with Gasteiger partial charge in [-0.2, -0.15) is 0 Å². The van der Waals surface area contributed by atoms with Gasteiger partial charge >= 0.3 is 0 Å². The van der Waals surface area contributed by atoms with Crippen molar-refractivity contribution in [2.75, 3.05) is 0 Å². The lowest BCUT2D eigenvalue weighted by Crippen LogP contribution is -2.02. The Labute approximate surface area is 286 Å². The average Bonchev–Trinajstić information content (AvgIpc) is 3.92. The standard InChI is InChI=1S/C44H50N4/c1-3-5-7-9-25-47-41-15-11-13-35(41)37-27-31(17-19-43(37)47)33-21-23-45-39(29-33)40-30-34(22-24-46-40)32-18-20-44-38(28-32)36-14-12-16-42(36)48(44)26-10-8-6-4-2/h17-24,27-30H,3-16,25-26H2,1-2H3. The molecule has 4 heterocycles. The second kappa shape index (κ2) is 13.7. The summed E-state index contributed by atoms with van der Waals surface area (Å²) in [6, 6.07) is 23.0. The van der Waals surface area contributed by atoms with Crippen LogP contribution in [-0.4, -0.2) is 19.1 Å². The molecule has 48 heavy (non-hydrogen) atoms. The zero-order chi connectivity index (χ0) is 32.5. The van der Waals surface area contributed by atoms with E-state index in [-0.39, 0.29) is 0 Å². The average molecular weight is 635 g/mol. The zero-order valence-corrected chi connectivity index (χ0v) is 29.0. The quantitative estimate of drug-likeness (QED) is 0.119. The van der Waals surface area contributed by atoms with Crippen LogP contribution in [0.3, 0.4) is 0 Å². The van der Waals surface area contributed by atoms with Gasteiger partial charge in [-0.3, -0.25) is 9.97 Å². The molecule has 4 heteroatoms. The lowest BCUT2D eigenvalue weighted by atomic mass is 10.00. The Bertz CT molecular complexity index is 1930. The van der Waals surface area contributed by atoms with Crippen molar-refractivity contribution in [1.29, 1.82) is 0 Å². The van der Waals surface area contributed by atoms with Gasteiger partial charge in [0.05, 0.1) is 11.4 Å². The first-order valence-corrected chi connectivity index (χ1v) is 18.9. The number of fused-ring (bicyclic) bond motifs is 6. The summed E-state index contributed by atoms with van der Waals surface area (Å²) in [6.45, 7) is 6.88. The van der Waals surface area contributed by atoms with Crippen LogP contribution < -0.4 is 0 Å². The van der Waals surface area contributed by atoms with Crippen LogP contribution in [0.15, 0.2) is 73.1 Å². The van der Waals surface area contributed by atoms with Crippen molar-refractivity contribution in [1.82, 2.24) is 19.1 Å². The van der Waals surface area contributed by atoms with E-state index >= 15 is 0 Å². The van der Waals surface area contributed by atoms with E-state index < -0.39 is 0 Å². The maximum atomic E-state index is 4.82. The first kappa shape index (κ1) is 31.1. The van der Waals surface area contributed by atoms with E-state index in [9.17, 15) is 0 Å². The van der Waals surface area contributed by atoms with Crippen molar-refractivity contribution in [3.05, 3.63) is 95.6 Å². The van der Waals surface area contributed by atoms with Gasteiger partial charge in [0.15, 0.2) is 0 Å². The summed E-state index contributed by atoms with van der Waals surface area (Å²) in [5.41, 5.74) is 15.9. The Morgan fingerprint density at radius 1 is 0.500 bits per heavy atom. The largest absolute Gasteiger partial charge is 0.344 e. The number of nitrogens with zero attached hydrogens (tertiary/aromatic N) is 4. The molecule has 0 unspecified atom stereocenters. The molecule has 0 bridgehead atoms. The third kappa shape index (κ3) is 5.78. The molecule has 4 aromatic heterocycles. The van der Waals surface area contributed by atoms with Crippen LogP contribution >= 0.6 is 0 Å². The number of aryl methyl sites for hydroxylation is 4. The molecular weight excluding hydrogens is 585 g/mol. The van der Waals surface area contributed by atoms with Gasteiger partial charge in [0.2, 0.25) is 0 Å². The Hall–Kier alpha value is -4.18. The van der Waals surface area contributed by atoms with Gasteiger partial charge in [0, 0.05) is 58.7 Å². The SMILES string of the molecule is CCCCCCn1c2c(c3cc(-c4ccnc(-c5cc(-c6ccc7c(c6)c6c(n7CCCCCC)CCC6)ccn5)c4)ccc31)CCC2. The molecule has 8 rings (SSSR count). The summed E-state index contributed by atoms with van der Waals surface area (Å²) >= 11 is 0. The number of hydrogen-bond donors (Lipinski definition) is 0. The molecule has 6 aromatic rings. The smallest absolute Gasteiger partial charge is 0.0892 e. The molecule has 0 aliphatic heterocycles. The van der Waals surface area contributed by atoms with E-state index in [1.165, 1.54) is 134 Å². The van der Waals surface area contributed by atoms with Gasteiger partial charge in [0.1, 0.15) is 0 Å². The van der Waals surface area contributed by atoms with Gasteiger partial charge in [-0.15, -0.1) is 0 Å². The van der Waals surface area contributed by atoms with Crippen LogP contribution in [0.1, 0.15) is 101 Å². The Kier molecular flexibility index (Phi) is 8.91. The summed E-state index contributed by atoms with van der Waals surface area (Å²) in [7, 11) is 0. The molecule has 0 atom stereocenters. The highest BCUT2D eigenvalue weighted by Gasteiger charge is 2.23. The Morgan fingerprint density at radius 3 is 1.42 bits per heavy atom. The van der Waals surface area contributed by atoms with Crippen molar-refractivity contribution >= 4 is 21.8 Å². The fraction of sp³-hybridized carbons (Fsp3) is 0.409. The second-order valence-corrected chi connectivity index (χ2v) is 14.3. The van der Waals surface area contributed by atoms with Gasteiger partial charge < -0.3 is 9.13 Å². The van der Waals surface area contributed by atoms with E-state index in [4.69, 9.17) is 9.97 Å². The molecule has 0 amide bonds. The van der Waals surface area contributed by atoms with E-state index in [0.29, 0.717) is 0 Å². The summed E-state index contributed by atoms with van der Waals surface area (Å²) < 4.78 is 5.28. The minimum absolute atomic E-state index is 0.924. The Balaban J connectivity index is 1.08. The Morgan fingerprint density at radius 2 is 0.958 bits per heavy atom. The van der Waals surface area contributed by atoms with Crippen LogP contribution in [0.5, 0.6) is 0 Å². The third-order valence-corrected chi connectivity index (χ3v) is 11.2. The number of pyridine rings is 2. The van der Waals surface area contributed by atoms with Gasteiger partial charge in [-0.05, 0) is 133 Å². The molecule has 0 fully saturated rings. The third-order valence-electron chi connectivity index (χ3n) is 11.2. The summed E-state index contributed by atoms with van der Waals surface area (Å²) in [6.07, 6.45) is 21.7. The fourth-order valence-electron chi connectivity index (χ4n) is 8.71. The maximum absolute atomic E-state index is 4.82. The van der Waals surface area contributed by atoms with Crippen LogP contribution in [0, 0.1) is 0 Å². The molecular formula is C44H50N4. The second-order valence-electron chi connectivity index (χ2n) is 14.3. The molecule has 2 aliphatic carbocycles. The number of aromatic nitrogens is 4. The monoisotopic (exact) mass is 634 g/mol. The highest BCUT2D eigenvalue weighted by molar-refractivity contribution is 5.92. The first-order chi connectivity index (χ1) is 23.7. The highest BCUT2D eigenvalue weighted by atomic mass is 15.0. The normalized spacial score (nSPS) is 14.0. The van der Waals surface area contributed by atoms with Gasteiger partial charge in [-0.25, -0.2) is 0 Å². The van der Waals surface area contributed by atoms with E-state index in [1.54, 1.807) is 22.5 Å². The van der Waals surface area contributed by atoms with Crippen molar-refractivity contribution in [3.63, 3.8) is 0 Å². The van der Waals surface area contributed by atoms with E-state index in [0.717, 1.165) is 24.5 Å². The van der Waals surface area contributed by atoms with Gasteiger partial charge in [0.25, 0.3) is 0 Å². The summed E-state index contributed by atoms with van der Waals surface area (Å²) in [5.74, 6) is 0. The number of rotatable bonds is 13. The number of hydrogen-bond acceptors (Lipinski definition) is 2. The predicted octanol–water partition coefficient (Wildman–Crippen LogP) is 11.5. The van der Waals surface area contributed by atoms with E-state index in [2.05, 4.69) is 83.6 Å². The fourth-order valence-corrected chi connectivity index (χ4v) is 8.71. The molecule has 0 saturated heterocycles. The molecule has 0 N–H and O–H groups in total. The molecule has 2 aromatic carbocycles. The molecule has 4 nitrogen and oxygen atoms in total. The molecule has 0 radical (unpaired) electrons. The predicted molar refractivity (Wildman–Crippen MR) is 202 cm³/mol. The van der Waals surface area contributed by atoms with Crippen molar-refractivity contribution in [2.45, 2.75) is 117 Å². The topological polar surface area (TPSA) is 35.6 Å². The minimum atomic E-state index is 0.924. The lowest BCUT2D eigenvalue weighted by molar-refractivity contribution is 0.581. The van der Waals surface area contributed by atoms with E-state index in [1.807, 2.05) is 12.4 Å².